The van der Waals surface area contributed by atoms with Gasteiger partial charge in [-0.2, -0.15) is 0 Å². The van der Waals surface area contributed by atoms with E-state index in [0.717, 1.165) is 0 Å². The van der Waals surface area contributed by atoms with Crippen molar-refractivity contribution < 1.29 is 0 Å². The Labute approximate surface area is 104 Å². The van der Waals surface area contributed by atoms with Gasteiger partial charge in [0.25, 0.3) is 0 Å². The number of hydrogen-bond donors (Lipinski definition) is 0. The molecule has 0 aromatic carbocycles. The van der Waals surface area contributed by atoms with Gasteiger partial charge in [-0.3, -0.25) is 0 Å². The number of unbranched alkanes of at least 4 members (excludes halogenated alkanes) is 11. The Morgan fingerprint density at radius 2 is 1.06 bits per heavy atom. The molecule has 0 heterocycles. The van der Waals surface area contributed by atoms with Crippen LogP contribution in [0, 0.1) is 0 Å². The van der Waals surface area contributed by atoms with Crippen LogP contribution in [0.5, 0.6) is 0 Å². The van der Waals surface area contributed by atoms with Gasteiger partial charge in [-0.05, 0) is 19.8 Å². The molecule has 16 heavy (non-hydrogen) atoms. The lowest BCUT2D eigenvalue weighted by Gasteiger charge is -2.01. The fourth-order valence-electron chi connectivity index (χ4n) is 2.09. The Bertz CT molecular complexity index is 135. The summed E-state index contributed by atoms with van der Waals surface area (Å²) in [6, 6.07) is 0. The van der Waals surface area contributed by atoms with Crippen LogP contribution in [0.15, 0.2) is 12.2 Å². The number of rotatable bonds is 12. The average molecular weight is 224 g/mol. The molecule has 0 bridgehead atoms. The molecule has 0 saturated carbocycles. The summed E-state index contributed by atoms with van der Waals surface area (Å²) in [5.41, 5.74) is 0. The van der Waals surface area contributed by atoms with Crippen molar-refractivity contribution in [3.8, 4) is 0 Å². The third-order valence-electron chi connectivity index (χ3n) is 3.21. The average Bonchev–Trinajstić information content (AvgIpc) is 2.31. The van der Waals surface area contributed by atoms with Crippen LogP contribution in [0.3, 0.4) is 0 Å². The fraction of sp³-hybridized carbons (Fsp3) is 0.875. The van der Waals surface area contributed by atoms with Crippen molar-refractivity contribution in [3.63, 3.8) is 0 Å². The van der Waals surface area contributed by atoms with E-state index in [9.17, 15) is 0 Å². The van der Waals surface area contributed by atoms with E-state index in [1.807, 2.05) is 0 Å². The van der Waals surface area contributed by atoms with Crippen molar-refractivity contribution in [2.45, 2.75) is 90.9 Å². The molecule has 0 saturated heterocycles. The first-order valence-electron chi connectivity index (χ1n) is 7.53. The molecule has 0 heteroatoms. The summed E-state index contributed by atoms with van der Waals surface area (Å²) in [7, 11) is 0. The normalized spacial score (nSPS) is 11.4. The zero-order chi connectivity index (χ0) is 11.9. The summed E-state index contributed by atoms with van der Waals surface area (Å²) in [6.45, 7) is 4.40. The van der Waals surface area contributed by atoms with Crippen LogP contribution in [0.4, 0.5) is 0 Å². The summed E-state index contributed by atoms with van der Waals surface area (Å²) in [4.78, 5) is 0. The number of allylic oxidation sites excluding steroid dienone is 2. The molecule has 0 unspecified atom stereocenters. The van der Waals surface area contributed by atoms with Crippen molar-refractivity contribution in [1.29, 1.82) is 0 Å². The van der Waals surface area contributed by atoms with Crippen LogP contribution < -0.4 is 0 Å². The molecule has 0 fully saturated rings. The van der Waals surface area contributed by atoms with E-state index in [2.05, 4.69) is 26.0 Å². The second-order valence-corrected chi connectivity index (χ2v) is 4.89. The van der Waals surface area contributed by atoms with Gasteiger partial charge >= 0.3 is 0 Å². The van der Waals surface area contributed by atoms with Crippen molar-refractivity contribution in [2.24, 2.45) is 0 Å². The molecule has 0 rings (SSSR count). The van der Waals surface area contributed by atoms with Gasteiger partial charge < -0.3 is 0 Å². The van der Waals surface area contributed by atoms with E-state index in [1.54, 1.807) is 0 Å². The predicted molar refractivity (Wildman–Crippen MR) is 75.9 cm³/mol. The maximum absolute atomic E-state index is 2.29. The van der Waals surface area contributed by atoms with Crippen molar-refractivity contribution in [2.75, 3.05) is 0 Å². The highest BCUT2D eigenvalue weighted by Gasteiger charge is 1.92. The lowest BCUT2D eigenvalue weighted by atomic mass is 10.1. The molecule has 0 amide bonds. The fourth-order valence-corrected chi connectivity index (χ4v) is 2.09. The van der Waals surface area contributed by atoms with E-state index in [4.69, 9.17) is 0 Å². The SMILES string of the molecule is C/C=C\CCCCCCCCCCCCC. The molecule has 0 spiro atoms. The summed E-state index contributed by atoms with van der Waals surface area (Å²) in [5, 5.41) is 0. The molecule has 96 valence electrons. The smallest absolute Gasteiger partial charge is 0.0351 e. The number of hydrogen-bond acceptors (Lipinski definition) is 0. The van der Waals surface area contributed by atoms with Crippen LogP contribution in [-0.4, -0.2) is 0 Å². The zero-order valence-electron chi connectivity index (χ0n) is 11.6. The molecule has 0 radical (unpaired) electrons. The highest BCUT2D eigenvalue weighted by atomic mass is 14.0. The molecule has 0 aliphatic heterocycles. The van der Waals surface area contributed by atoms with E-state index < -0.39 is 0 Å². The van der Waals surface area contributed by atoms with E-state index in [-0.39, 0.29) is 0 Å². The summed E-state index contributed by atoms with van der Waals surface area (Å²) >= 11 is 0. The lowest BCUT2D eigenvalue weighted by Crippen LogP contribution is -1.81. The highest BCUT2D eigenvalue weighted by Crippen LogP contribution is 2.11. The molecule has 0 atom stereocenters. The summed E-state index contributed by atoms with van der Waals surface area (Å²) in [6.07, 6.45) is 21.6. The van der Waals surface area contributed by atoms with Gasteiger partial charge in [-0.1, -0.05) is 83.3 Å². The third-order valence-corrected chi connectivity index (χ3v) is 3.21. The van der Waals surface area contributed by atoms with E-state index >= 15 is 0 Å². The monoisotopic (exact) mass is 224 g/mol. The largest absolute Gasteiger partial charge is 0.0917 e. The van der Waals surface area contributed by atoms with Crippen LogP contribution >= 0.6 is 0 Å². The molecular weight excluding hydrogens is 192 g/mol. The first-order valence-corrected chi connectivity index (χ1v) is 7.53. The summed E-state index contributed by atoms with van der Waals surface area (Å²) in [5.74, 6) is 0. The zero-order valence-corrected chi connectivity index (χ0v) is 11.6. The molecular formula is C16H32. The third kappa shape index (κ3) is 13.7. The minimum atomic E-state index is 1.29. The van der Waals surface area contributed by atoms with Crippen LogP contribution in [0.1, 0.15) is 90.9 Å². The van der Waals surface area contributed by atoms with Gasteiger partial charge in [0.05, 0.1) is 0 Å². The topological polar surface area (TPSA) is 0 Å². The molecule has 0 aromatic heterocycles. The Balaban J connectivity index is 2.88. The van der Waals surface area contributed by atoms with E-state index in [0.29, 0.717) is 0 Å². The van der Waals surface area contributed by atoms with Gasteiger partial charge in [0.2, 0.25) is 0 Å². The maximum Gasteiger partial charge on any atom is -0.0351 e. The van der Waals surface area contributed by atoms with Gasteiger partial charge in [-0.25, -0.2) is 0 Å². The molecule has 0 N–H and O–H groups in total. The van der Waals surface area contributed by atoms with Gasteiger partial charge in [0, 0.05) is 0 Å². The Kier molecular flexibility index (Phi) is 14.5. The van der Waals surface area contributed by atoms with Crippen LogP contribution in [-0.2, 0) is 0 Å². The Morgan fingerprint density at radius 3 is 1.50 bits per heavy atom. The minimum Gasteiger partial charge on any atom is -0.0917 e. The quantitative estimate of drug-likeness (QED) is 0.271. The van der Waals surface area contributed by atoms with Crippen molar-refractivity contribution >= 4 is 0 Å². The second kappa shape index (κ2) is 14.7. The Hall–Kier alpha value is -0.260. The molecule has 0 aliphatic rings. The first-order chi connectivity index (χ1) is 7.91. The standard InChI is InChI=1S/C16H32/c1-3-5-7-9-11-13-15-16-14-12-10-8-6-4-2/h3,5H,4,6-16H2,1-2H3/b5-3-. The van der Waals surface area contributed by atoms with Gasteiger partial charge in [-0.15, -0.1) is 0 Å². The summed E-state index contributed by atoms with van der Waals surface area (Å²) < 4.78 is 0. The van der Waals surface area contributed by atoms with Crippen LogP contribution in [0.2, 0.25) is 0 Å². The lowest BCUT2D eigenvalue weighted by molar-refractivity contribution is 0.550. The van der Waals surface area contributed by atoms with E-state index in [1.165, 1.54) is 77.0 Å². The first kappa shape index (κ1) is 15.7. The highest BCUT2D eigenvalue weighted by molar-refractivity contribution is 4.76. The predicted octanol–water partition coefficient (Wildman–Crippen LogP) is 6.26. The molecule has 0 nitrogen and oxygen atoms in total. The van der Waals surface area contributed by atoms with Crippen LogP contribution in [0.25, 0.3) is 0 Å². The minimum absolute atomic E-state index is 1.29. The molecule has 0 aliphatic carbocycles. The maximum atomic E-state index is 2.29. The van der Waals surface area contributed by atoms with Gasteiger partial charge in [0.1, 0.15) is 0 Å². The second-order valence-electron chi connectivity index (χ2n) is 4.89. The molecule has 0 aromatic rings. The van der Waals surface area contributed by atoms with Crippen molar-refractivity contribution in [1.82, 2.24) is 0 Å². The Morgan fingerprint density at radius 1 is 0.625 bits per heavy atom. The van der Waals surface area contributed by atoms with Gasteiger partial charge in [0.15, 0.2) is 0 Å². The van der Waals surface area contributed by atoms with Crippen molar-refractivity contribution in [3.05, 3.63) is 12.2 Å².